The molecule has 1 saturated carbocycles. The van der Waals surface area contributed by atoms with Crippen LogP contribution in [0.25, 0.3) is 0 Å². The number of rotatable bonds is 5. The van der Waals surface area contributed by atoms with Gasteiger partial charge in [-0.3, -0.25) is 19.5 Å². The first-order valence-corrected chi connectivity index (χ1v) is 7.00. The number of aldehydes is 1. The number of nitro groups is 1. The highest BCUT2D eigenvalue weighted by Gasteiger charge is 2.29. The van der Waals surface area contributed by atoms with Gasteiger partial charge in [0.25, 0.3) is 5.69 Å². The number of nitro benzene ring substituents is 1. The third kappa shape index (κ3) is 2.59. The van der Waals surface area contributed by atoms with Crippen molar-refractivity contribution in [3.05, 3.63) is 44.4 Å². The van der Waals surface area contributed by atoms with E-state index in [4.69, 9.17) is 0 Å². The van der Waals surface area contributed by atoms with Crippen LogP contribution in [-0.2, 0) is 0 Å². The fraction of sp³-hybridized carbons (Fsp3) is 0.250. The van der Waals surface area contributed by atoms with E-state index in [0.29, 0.717) is 16.3 Å². The van der Waals surface area contributed by atoms with Crippen LogP contribution in [0.1, 0.15) is 29.2 Å². The molecule has 0 atom stereocenters. The monoisotopic (exact) mass is 306 g/mol. The molecule has 108 valence electrons. The first-order valence-electron chi connectivity index (χ1n) is 6.18. The van der Waals surface area contributed by atoms with Gasteiger partial charge in [-0.25, -0.2) is 9.89 Å². The summed E-state index contributed by atoms with van der Waals surface area (Å²) in [7, 11) is 0. The molecule has 21 heavy (non-hydrogen) atoms. The molecule has 1 heterocycles. The minimum Gasteiger partial charge on any atom is -0.298 e. The summed E-state index contributed by atoms with van der Waals surface area (Å²) in [4.78, 5) is 33.3. The fourth-order valence-corrected chi connectivity index (χ4v) is 2.94. The lowest BCUT2D eigenvalue weighted by atomic mass is 10.2. The molecule has 1 aliphatic rings. The van der Waals surface area contributed by atoms with E-state index < -0.39 is 4.92 Å². The zero-order valence-corrected chi connectivity index (χ0v) is 11.5. The first kappa shape index (κ1) is 13.6. The van der Waals surface area contributed by atoms with Gasteiger partial charge in [0.05, 0.1) is 9.82 Å². The average Bonchev–Trinajstić information content (AvgIpc) is 3.24. The Morgan fingerprint density at radius 1 is 1.48 bits per heavy atom. The van der Waals surface area contributed by atoms with Gasteiger partial charge >= 0.3 is 5.69 Å². The third-order valence-corrected chi connectivity index (χ3v) is 4.14. The molecule has 2 aromatic rings. The van der Waals surface area contributed by atoms with E-state index in [1.54, 1.807) is 0 Å². The van der Waals surface area contributed by atoms with Crippen LogP contribution in [0.5, 0.6) is 0 Å². The van der Waals surface area contributed by atoms with Crippen LogP contribution in [-0.4, -0.2) is 26.0 Å². The van der Waals surface area contributed by atoms with Crippen molar-refractivity contribution < 1.29 is 9.72 Å². The van der Waals surface area contributed by atoms with Crippen molar-refractivity contribution in [1.82, 2.24) is 14.8 Å². The summed E-state index contributed by atoms with van der Waals surface area (Å²) in [6.07, 6.45) is 2.36. The highest BCUT2D eigenvalue weighted by atomic mass is 32.2. The lowest BCUT2D eigenvalue weighted by Gasteiger charge is -2.04. The standard InChI is InChI=1S/C12H10N4O4S/c17-6-7-1-4-10(9(5-7)16(19)20)21-12-14-13-11(18)15(12)8-2-3-8/h1,4-6,8H,2-3H2,(H,13,18). The maximum Gasteiger partial charge on any atom is 0.344 e. The van der Waals surface area contributed by atoms with Gasteiger partial charge < -0.3 is 0 Å². The van der Waals surface area contributed by atoms with Gasteiger partial charge in [0, 0.05) is 17.7 Å². The molecule has 0 unspecified atom stereocenters. The normalized spacial score (nSPS) is 14.1. The summed E-state index contributed by atoms with van der Waals surface area (Å²) in [5, 5.41) is 17.8. The maximum atomic E-state index is 11.7. The maximum absolute atomic E-state index is 11.7. The molecular formula is C12H10N4O4S. The van der Waals surface area contributed by atoms with Crippen LogP contribution < -0.4 is 5.69 Å². The lowest BCUT2D eigenvalue weighted by Crippen LogP contribution is -2.16. The highest BCUT2D eigenvalue weighted by molar-refractivity contribution is 7.99. The Labute approximate surface area is 122 Å². The molecule has 3 rings (SSSR count). The van der Waals surface area contributed by atoms with Crippen molar-refractivity contribution in [2.45, 2.75) is 28.9 Å². The topological polar surface area (TPSA) is 111 Å². The number of aromatic nitrogens is 3. The van der Waals surface area contributed by atoms with Crippen molar-refractivity contribution >= 4 is 23.7 Å². The van der Waals surface area contributed by atoms with Gasteiger partial charge in [0.1, 0.15) is 6.29 Å². The summed E-state index contributed by atoms with van der Waals surface area (Å²) >= 11 is 1.04. The molecule has 0 amide bonds. The average molecular weight is 306 g/mol. The van der Waals surface area contributed by atoms with E-state index in [-0.39, 0.29) is 23.0 Å². The number of aromatic amines is 1. The van der Waals surface area contributed by atoms with Crippen LogP contribution in [0, 0.1) is 10.1 Å². The van der Waals surface area contributed by atoms with Crippen molar-refractivity contribution in [2.75, 3.05) is 0 Å². The molecule has 0 bridgehead atoms. The number of H-pyrrole nitrogens is 1. The summed E-state index contributed by atoms with van der Waals surface area (Å²) in [6, 6.07) is 4.31. The highest BCUT2D eigenvalue weighted by Crippen LogP contribution is 2.39. The second-order valence-electron chi connectivity index (χ2n) is 4.62. The van der Waals surface area contributed by atoms with Crippen molar-refractivity contribution in [3.8, 4) is 0 Å². The fourth-order valence-electron chi connectivity index (χ4n) is 1.95. The van der Waals surface area contributed by atoms with Crippen molar-refractivity contribution in [3.63, 3.8) is 0 Å². The van der Waals surface area contributed by atoms with E-state index in [1.165, 1.54) is 22.8 Å². The van der Waals surface area contributed by atoms with Crippen molar-refractivity contribution in [2.24, 2.45) is 0 Å². The molecule has 0 aliphatic heterocycles. The molecule has 1 fully saturated rings. The predicted octanol–water partition coefficient (Wildman–Crippen LogP) is 1.78. The smallest absolute Gasteiger partial charge is 0.298 e. The zero-order chi connectivity index (χ0) is 15.0. The second-order valence-corrected chi connectivity index (χ2v) is 5.63. The molecule has 0 spiro atoms. The number of benzene rings is 1. The Hall–Kier alpha value is -2.42. The lowest BCUT2D eigenvalue weighted by molar-refractivity contribution is -0.387. The van der Waals surface area contributed by atoms with Crippen LogP contribution in [0.2, 0.25) is 0 Å². The summed E-state index contributed by atoms with van der Waals surface area (Å²) in [5.74, 6) is 0. The Bertz CT molecular complexity index is 778. The minimum absolute atomic E-state index is 0.118. The molecule has 1 aromatic heterocycles. The molecule has 1 aliphatic carbocycles. The van der Waals surface area contributed by atoms with Gasteiger partial charge in [-0.15, -0.1) is 5.10 Å². The zero-order valence-electron chi connectivity index (χ0n) is 10.7. The molecule has 1 aromatic carbocycles. The number of nitrogens with zero attached hydrogens (tertiary/aromatic N) is 3. The van der Waals surface area contributed by atoms with Gasteiger partial charge in [0.2, 0.25) is 0 Å². The number of carbonyl (C=O) groups is 1. The van der Waals surface area contributed by atoms with Crippen molar-refractivity contribution in [1.29, 1.82) is 0 Å². The summed E-state index contributed by atoms with van der Waals surface area (Å²) in [6.45, 7) is 0. The molecule has 0 radical (unpaired) electrons. The molecule has 9 heteroatoms. The summed E-state index contributed by atoms with van der Waals surface area (Å²) < 4.78 is 1.52. The SMILES string of the molecule is O=Cc1ccc(Sc2n[nH]c(=O)n2C2CC2)c([N+](=O)[O-])c1. The van der Waals surface area contributed by atoms with Crippen LogP contribution >= 0.6 is 11.8 Å². The summed E-state index contributed by atoms with van der Waals surface area (Å²) in [5.41, 5.74) is -0.262. The molecule has 0 saturated heterocycles. The van der Waals surface area contributed by atoms with Crippen LogP contribution in [0.3, 0.4) is 0 Å². The Balaban J connectivity index is 2.00. The minimum atomic E-state index is -0.554. The second kappa shape index (κ2) is 5.17. The van der Waals surface area contributed by atoms with Gasteiger partial charge in [-0.1, -0.05) is 6.07 Å². The van der Waals surface area contributed by atoms with E-state index in [9.17, 15) is 19.7 Å². The largest absolute Gasteiger partial charge is 0.344 e. The first-order chi connectivity index (χ1) is 10.1. The van der Waals surface area contributed by atoms with Crippen LogP contribution in [0.15, 0.2) is 33.0 Å². The quantitative estimate of drug-likeness (QED) is 0.512. The van der Waals surface area contributed by atoms with Gasteiger partial charge in [-0.2, -0.15) is 0 Å². The van der Waals surface area contributed by atoms with Gasteiger partial charge in [0.15, 0.2) is 5.16 Å². The van der Waals surface area contributed by atoms with E-state index >= 15 is 0 Å². The Morgan fingerprint density at radius 2 is 2.24 bits per heavy atom. The van der Waals surface area contributed by atoms with Gasteiger partial charge in [-0.05, 0) is 30.7 Å². The Morgan fingerprint density at radius 3 is 2.86 bits per heavy atom. The number of carbonyl (C=O) groups excluding carboxylic acids is 1. The van der Waals surface area contributed by atoms with E-state index in [0.717, 1.165) is 24.6 Å². The molecule has 8 nitrogen and oxygen atoms in total. The predicted molar refractivity (Wildman–Crippen MR) is 73.7 cm³/mol. The van der Waals surface area contributed by atoms with E-state index in [2.05, 4.69) is 10.2 Å². The third-order valence-electron chi connectivity index (χ3n) is 3.10. The number of nitrogens with one attached hydrogen (secondary N) is 1. The van der Waals surface area contributed by atoms with E-state index in [1.807, 2.05) is 0 Å². The van der Waals surface area contributed by atoms with Crippen LogP contribution in [0.4, 0.5) is 5.69 Å². The molecular weight excluding hydrogens is 296 g/mol. The Kier molecular flexibility index (Phi) is 3.34. The number of hydrogen-bond donors (Lipinski definition) is 1. The molecule has 1 N–H and O–H groups in total. The number of hydrogen-bond acceptors (Lipinski definition) is 6.